The Bertz CT molecular complexity index is 1140. The average molecular weight is 498 g/mol. The number of anilines is 1. The molecule has 1 aliphatic carbocycles. The highest BCUT2D eigenvalue weighted by Gasteiger charge is 2.40. The zero-order valence-electron chi connectivity index (χ0n) is 18.1. The minimum atomic E-state index is -0.584. The molecule has 2 aromatic rings. The molecule has 1 atom stereocenters. The van der Waals surface area contributed by atoms with E-state index in [1.807, 2.05) is 13.0 Å². The number of nitrogens with one attached hydrogen (secondary N) is 2. The molecule has 166 valence electrons. The summed E-state index contributed by atoms with van der Waals surface area (Å²) in [6.07, 6.45) is 3.60. The standard InChI is InChI=1S/C24H24BrN3O4/c1-13-21(24(30)28-20-10-7-14(25)12-26-20)22(23-17(27-13)5-4-6-18(23)29)16-11-15(31-2)8-9-19(16)32-3/h7-12,22,27H,4-6H2,1-3H3,(H,26,28,30)/t22-/m0/s1. The van der Waals surface area contributed by atoms with Crippen molar-refractivity contribution in [2.75, 3.05) is 19.5 Å². The molecule has 1 amide bonds. The number of allylic oxidation sites excluding steroid dienone is 3. The van der Waals surface area contributed by atoms with E-state index in [0.717, 1.165) is 23.0 Å². The lowest BCUT2D eigenvalue weighted by molar-refractivity contribution is -0.116. The van der Waals surface area contributed by atoms with Gasteiger partial charge in [0.25, 0.3) is 5.91 Å². The van der Waals surface area contributed by atoms with Gasteiger partial charge in [0.15, 0.2) is 5.78 Å². The SMILES string of the molecule is COc1ccc(OC)c([C@H]2C(C(=O)Nc3ccc(Br)cn3)=C(C)NC3=C2C(=O)CCC3)c1. The molecule has 2 N–H and O–H groups in total. The number of ketones is 1. The second-order valence-corrected chi connectivity index (χ2v) is 8.60. The van der Waals surface area contributed by atoms with Crippen molar-refractivity contribution in [2.24, 2.45) is 0 Å². The second-order valence-electron chi connectivity index (χ2n) is 7.69. The Kier molecular flexibility index (Phi) is 6.32. The highest BCUT2D eigenvalue weighted by molar-refractivity contribution is 9.10. The fourth-order valence-corrected chi connectivity index (χ4v) is 4.53. The van der Waals surface area contributed by atoms with Crippen LogP contribution in [0.25, 0.3) is 0 Å². The summed E-state index contributed by atoms with van der Waals surface area (Å²) in [6, 6.07) is 8.94. The van der Waals surface area contributed by atoms with Crippen LogP contribution in [0.3, 0.4) is 0 Å². The van der Waals surface area contributed by atoms with E-state index in [1.54, 1.807) is 44.7 Å². The highest BCUT2D eigenvalue weighted by Crippen LogP contribution is 2.46. The van der Waals surface area contributed by atoms with Crippen molar-refractivity contribution >= 4 is 33.4 Å². The van der Waals surface area contributed by atoms with Crippen LogP contribution < -0.4 is 20.1 Å². The predicted octanol–water partition coefficient (Wildman–Crippen LogP) is 4.47. The molecule has 32 heavy (non-hydrogen) atoms. The number of halogens is 1. The Morgan fingerprint density at radius 3 is 2.69 bits per heavy atom. The lowest BCUT2D eigenvalue weighted by Crippen LogP contribution is -2.35. The number of Topliss-reactive ketones (excluding diaryl/α,β-unsaturated/α-hetero) is 1. The number of rotatable bonds is 5. The van der Waals surface area contributed by atoms with Crippen LogP contribution in [0.1, 0.15) is 37.7 Å². The number of methoxy groups -OCH3 is 2. The summed E-state index contributed by atoms with van der Waals surface area (Å²) in [5, 5.41) is 6.19. The molecule has 0 saturated heterocycles. The smallest absolute Gasteiger partial charge is 0.255 e. The quantitative estimate of drug-likeness (QED) is 0.633. The maximum Gasteiger partial charge on any atom is 0.255 e. The van der Waals surface area contributed by atoms with Gasteiger partial charge in [-0.05, 0) is 66.0 Å². The number of carbonyl (C=O) groups excluding carboxylic acids is 2. The van der Waals surface area contributed by atoms with Crippen molar-refractivity contribution in [2.45, 2.75) is 32.1 Å². The van der Waals surface area contributed by atoms with E-state index < -0.39 is 5.92 Å². The molecule has 1 aromatic carbocycles. The fourth-order valence-electron chi connectivity index (χ4n) is 4.29. The number of nitrogens with zero attached hydrogens (tertiary/aromatic N) is 1. The van der Waals surface area contributed by atoms with Crippen LogP contribution in [0.15, 0.2) is 63.5 Å². The summed E-state index contributed by atoms with van der Waals surface area (Å²) in [7, 11) is 3.16. The molecule has 4 rings (SSSR count). The number of hydrogen-bond acceptors (Lipinski definition) is 6. The number of benzene rings is 1. The Morgan fingerprint density at radius 2 is 2.00 bits per heavy atom. The van der Waals surface area contributed by atoms with Crippen LogP contribution in [0.2, 0.25) is 0 Å². The van der Waals surface area contributed by atoms with Gasteiger partial charge in [-0.25, -0.2) is 4.98 Å². The Morgan fingerprint density at radius 1 is 1.19 bits per heavy atom. The minimum Gasteiger partial charge on any atom is -0.497 e. The fraction of sp³-hybridized carbons (Fsp3) is 0.292. The molecule has 0 radical (unpaired) electrons. The summed E-state index contributed by atoms with van der Waals surface area (Å²) in [6.45, 7) is 1.85. The molecule has 0 saturated carbocycles. The summed E-state index contributed by atoms with van der Waals surface area (Å²) < 4.78 is 11.9. The van der Waals surface area contributed by atoms with Crippen molar-refractivity contribution in [1.29, 1.82) is 0 Å². The van der Waals surface area contributed by atoms with Crippen LogP contribution in [0.5, 0.6) is 11.5 Å². The summed E-state index contributed by atoms with van der Waals surface area (Å²) >= 11 is 3.35. The molecule has 2 heterocycles. The maximum atomic E-state index is 13.5. The molecule has 0 bridgehead atoms. The molecule has 0 fully saturated rings. The topological polar surface area (TPSA) is 89.6 Å². The van der Waals surface area contributed by atoms with Crippen molar-refractivity contribution in [3.63, 3.8) is 0 Å². The third-order valence-corrected chi connectivity index (χ3v) is 6.21. The van der Waals surface area contributed by atoms with Crippen molar-refractivity contribution < 1.29 is 19.1 Å². The number of pyridine rings is 1. The summed E-state index contributed by atoms with van der Waals surface area (Å²) in [4.78, 5) is 30.9. The molecule has 0 unspecified atom stereocenters. The van der Waals surface area contributed by atoms with Crippen LogP contribution >= 0.6 is 15.9 Å². The molecule has 7 nitrogen and oxygen atoms in total. The van der Waals surface area contributed by atoms with Gasteiger partial charge in [0.05, 0.1) is 20.1 Å². The van der Waals surface area contributed by atoms with Crippen LogP contribution in [0.4, 0.5) is 5.82 Å². The number of amides is 1. The van der Waals surface area contributed by atoms with E-state index in [1.165, 1.54) is 0 Å². The number of ether oxygens (including phenoxy) is 2. The Labute approximate surface area is 195 Å². The van der Waals surface area contributed by atoms with Gasteiger partial charge in [-0.2, -0.15) is 0 Å². The van der Waals surface area contributed by atoms with Gasteiger partial charge in [0.2, 0.25) is 0 Å². The largest absolute Gasteiger partial charge is 0.497 e. The first kappa shape index (κ1) is 22.1. The van der Waals surface area contributed by atoms with E-state index in [4.69, 9.17) is 9.47 Å². The van der Waals surface area contributed by atoms with Crippen molar-refractivity contribution in [3.05, 3.63) is 69.1 Å². The first-order valence-electron chi connectivity index (χ1n) is 10.3. The van der Waals surface area contributed by atoms with E-state index in [0.29, 0.717) is 46.1 Å². The third-order valence-electron chi connectivity index (χ3n) is 5.74. The Balaban J connectivity index is 1.85. The van der Waals surface area contributed by atoms with Gasteiger partial charge in [-0.3, -0.25) is 9.59 Å². The second kappa shape index (κ2) is 9.16. The number of dihydropyridines is 1. The van der Waals surface area contributed by atoms with Gasteiger partial charge in [0, 0.05) is 45.2 Å². The molecular formula is C24H24BrN3O4. The number of aromatic nitrogens is 1. The zero-order valence-corrected chi connectivity index (χ0v) is 19.7. The maximum absolute atomic E-state index is 13.5. The first-order chi connectivity index (χ1) is 15.4. The van der Waals surface area contributed by atoms with Gasteiger partial charge in [-0.1, -0.05) is 0 Å². The third kappa shape index (κ3) is 4.14. The monoisotopic (exact) mass is 497 g/mol. The van der Waals surface area contributed by atoms with Gasteiger partial charge < -0.3 is 20.1 Å². The summed E-state index contributed by atoms with van der Waals surface area (Å²) in [5.74, 6) is 0.751. The van der Waals surface area contributed by atoms with E-state index >= 15 is 0 Å². The normalized spacial score (nSPS) is 18.1. The van der Waals surface area contributed by atoms with Crippen LogP contribution in [-0.4, -0.2) is 30.9 Å². The molecule has 1 aromatic heterocycles. The average Bonchev–Trinajstić information content (AvgIpc) is 2.79. The number of hydrogen-bond donors (Lipinski definition) is 2. The molecule has 1 aliphatic heterocycles. The minimum absolute atomic E-state index is 0.0354. The van der Waals surface area contributed by atoms with Crippen LogP contribution in [-0.2, 0) is 9.59 Å². The lowest BCUT2D eigenvalue weighted by Gasteiger charge is -2.35. The van der Waals surface area contributed by atoms with Crippen LogP contribution in [0, 0.1) is 0 Å². The van der Waals surface area contributed by atoms with Gasteiger partial charge in [-0.15, -0.1) is 0 Å². The molecule has 0 spiro atoms. The van der Waals surface area contributed by atoms with E-state index in [2.05, 4.69) is 31.5 Å². The summed E-state index contributed by atoms with van der Waals surface area (Å²) in [5.41, 5.74) is 3.34. The van der Waals surface area contributed by atoms with E-state index in [9.17, 15) is 9.59 Å². The van der Waals surface area contributed by atoms with Crippen molar-refractivity contribution in [3.8, 4) is 11.5 Å². The van der Waals surface area contributed by atoms with Crippen molar-refractivity contribution in [1.82, 2.24) is 10.3 Å². The zero-order chi connectivity index (χ0) is 22.8. The van der Waals surface area contributed by atoms with Gasteiger partial charge >= 0.3 is 0 Å². The first-order valence-corrected chi connectivity index (χ1v) is 11.1. The molecule has 2 aliphatic rings. The predicted molar refractivity (Wildman–Crippen MR) is 125 cm³/mol. The lowest BCUT2D eigenvalue weighted by atomic mass is 9.74. The molecular weight excluding hydrogens is 474 g/mol. The highest BCUT2D eigenvalue weighted by atomic mass is 79.9. The van der Waals surface area contributed by atoms with E-state index in [-0.39, 0.29) is 11.7 Å². The van der Waals surface area contributed by atoms with Gasteiger partial charge in [0.1, 0.15) is 17.3 Å². The number of carbonyl (C=O) groups is 2. The Hall–Kier alpha value is -3.13. The molecule has 8 heteroatoms.